The van der Waals surface area contributed by atoms with E-state index in [9.17, 15) is 4.79 Å². The molecule has 0 amide bonds. The molecule has 1 aliphatic heterocycles. The van der Waals surface area contributed by atoms with E-state index in [1.807, 2.05) is 6.92 Å². The number of aryl methyl sites for hydroxylation is 1. The third-order valence-corrected chi connectivity index (χ3v) is 5.28. The van der Waals surface area contributed by atoms with Gasteiger partial charge < -0.3 is 15.0 Å². The summed E-state index contributed by atoms with van der Waals surface area (Å²) in [4.78, 5) is 20.3. The van der Waals surface area contributed by atoms with Gasteiger partial charge in [0.25, 0.3) is 0 Å². The molecule has 1 N–H and O–H groups in total. The first-order valence-electron chi connectivity index (χ1n) is 7.90. The second-order valence-corrected chi connectivity index (χ2v) is 6.73. The van der Waals surface area contributed by atoms with Gasteiger partial charge in [0.2, 0.25) is 0 Å². The number of hydrogen-bond acceptors (Lipinski definition) is 6. The standard InChI is InChI=1S/C15H23N3O2S/c1-2-20-14(19)11-5-6-12-13(11)17-15(21-12)16-7-10-18-8-3-4-9-18/h11H,2-10H2,1H3,(H,16,17). The van der Waals surface area contributed by atoms with Crippen LogP contribution in [0.2, 0.25) is 0 Å². The molecular weight excluding hydrogens is 286 g/mol. The van der Waals surface area contributed by atoms with Crippen molar-refractivity contribution in [2.45, 2.75) is 38.5 Å². The van der Waals surface area contributed by atoms with Crippen molar-refractivity contribution in [2.75, 3.05) is 38.1 Å². The summed E-state index contributed by atoms with van der Waals surface area (Å²) in [6, 6.07) is 0. The number of rotatable bonds is 6. The van der Waals surface area contributed by atoms with Crippen LogP contribution in [0.3, 0.4) is 0 Å². The average Bonchev–Trinajstić information content (AvgIpc) is 3.14. The molecule has 6 heteroatoms. The molecule has 0 radical (unpaired) electrons. The highest BCUT2D eigenvalue weighted by Gasteiger charge is 2.33. The number of esters is 1. The van der Waals surface area contributed by atoms with Gasteiger partial charge in [0, 0.05) is 18.0 Å². The molecular formula is C15H23N3O2S. The van der Waals surface area contributed by atoms with Crippen molar-refractivity contribution >= 4 is 22.4 Å². The number of fused-ring (bicyclic) bond motifs is 1. The van der Waals surface area contributed by atoms with Crippen molar-refractivity contribution in [1.29, 1.82) is 0 Å². The van der Waals surface area contributed by atoms with E-state index in [-0.39, 0.29) is 11.9 Å². The first-order chi connectivity index (χ1) is 10.3. The van der Waals surface area contributed by atoms with Crippen LogP contribution < -0.4 is 5.32 Å². The predicted octanol–water partition coefficient (Wildman–Crippen LogP) is 2.24. The lowest BCUT2D eigenvalue weighted by molar-refractivity contribution is -0.145. The third-order valence-electron chi connectivity index (χ3n) is 4.19. The fourth-order valence-electron chi connectivity index (χ4n) is 3.10. The Labute approximate surface area is 129 Å². The van der Waals surface area contributed by atoms with Crippen molar-refractivity contribution in [1.82, 2.24) is 9.88 Å². The first-order valence-corrected chi connectivity index (χ1v) is 8.72. The van der Waals surface area contributed by atoms with Crippen LogP contribution in [0.4, 0.5) is 5.13 Å². The number of hydrogen-bond donors (Lipinski definition) is 1. The van der Waals surface area contributed by atoms with Crippen LogP contribution in [0.1, 0.15) is 42.7 Å². The van der Waals surface area contributed by atoms with Crippen LogP contribution in [-0.2, 0) is 16.0 Å². The molecule has 1 aliphatic carbocycles. The van der Waals surface area contributed by atoms with E-state index in [2.05, 4.69) is 15.2 Å². The minimum absolute atomic E-state index is 0.120. The van der Waals surface area contributed by atoms with Gasteiger partial charge in [-0.05, 0) is 45.7 Å². The molecule has 3 rings (SSSR count). The Bertz CT molecular complexity index is 497. The van der Waals surface area contributed by atoms with Gasteiger partial charge >= 0.3 is 5.97 Å². The zero-order valence-electron chi connectivity index (χ0n) is 12.6. The number of carbonyl (C=O) groups excluding carboxylic acids is 1. The van der Waals surface area contributed by atoms with E-state index < -0.39 is 0 Å². The van der Waals surface area contributed by atoms with Crippen LogP contribution in [0.5, 0.6) is 0 Å². The molecule has 5 nitrogen and oxygen atoms in total. The van der Waals surface area contributed by atoms with E-state index in [0.717, 1.165) is 36.8 Å². The molecule has 0 spiro atoms. The molecule has 116 valence electrons. The van der Waals surface area contributed by atoms with Gasteiger partial charge in [-0.15, -0.1) is 11.3 Å². The Kier molecular flexibility index (Phi) is 4.75. The van der Waals surface area contributed by atoms with Crippen molar-refractivity contribution in [3.63, 3.8) is 0 Å². The minimum atomic E-state index is -0.148. The SMILES string of the molecule is CCOC(=O)C1CCc2sc(NCCN3CCCC3)nc21. The maximum absolute atomic E-state index is 11.9. The number of carbonyl (C=O) groups is 1. The number of nitrogens with one attached hydrogen (secondary N) is 1. The number of likely N-dealkylation sites (tertiary alicyclic amines) is 1. The molecule has 1 saturated heterocycles. The number of ether oxygens (including phenoxy) is 1. The molecule has 2 heterocycles. The molecule has 1 fully saturated rings. The lowest BCUT2D eigenvalue weighted by atomic mass is 10.1. The molecule has 1 aromatic rings. The fourth-order valence-corrected chi connectivity index (χ4v) is 4.17. The smallest absolute Gasteiger partial charge is 0.315 e. The fraction of sp³-hybridized carbons (Fsp3) is 0.733. The van der Waals surface area contributed by atoms with Gasteiger partial charge in [-0.2, -0.15) is 0 Å². The van der Waals surface area contributed by atoms with E-state index in [1.54, 1.807) is 11.3 Å². The van der Waals surface area contributed by atoms with Gasteiger partial charge in [-0.25, -0.2) is 4.98 Å². The van der Waals surface area contributed by atoms with Crippen molar-refractivity contribution in [2.24, 2.45) is 0 Å². The minimum Gasteiger partial charge on any atom is -0.465 e. The zero-order valence-corrected chi connectivity index (χ0v) is 13.4. The number of anilines is 1. The highest BCUT2D eigenvalue weighted by molar-refractivity contribution is 7.15. The van der Waals surface area contributed by atoms with Gasteiger partial charge in [-0.1, -0.05) is 0 Å². The molecule has 21 heavy (non-hydrogen) atoms. The van der Waals surface area contributed by atoms with E-state index in [1.165, 1.54) is 30.8 Å². The molecule has 0 bridgehead atoms. The monoisotopic (exact) mass is 309 g/mol. The van der Waals surface area contributed by atoms with E-state index >= 15 is 0 Å². The number of thiazole rings is 1. The molecule has 1 atom stereocenters. The highest BCUT2D eigenvalue weighted by Crippen LogP contribution is 2.38. The second kappa shape index (κ2) is 6.75. The predicted molar refractivity (Wildman–Crippen MR) is 84.0 cm³/mol. The van der Waals surface area contributed by atoms with Gasteiger partial charge in [-0.3, -0.25) is 4.79 Å². The first kappa shape index (κ1) is 14.8. The maximum Gasteiger partial charge on any atom is 0.315 e. The van der Waals surface area contributed by atoms with Crippen molar-refractivity contribution < 1.29 is 9.53 Å². The third kappa shape index (κ3) is 3.37. The Hall–Kier alpha value is -1.14. The largest absolute Gasteiger partial charge is 0.465 e. The van der Waals surface area contributed by atoms with E-state index in [4.69, 9.17) is 4.74 Å². The Morgan fingerprint density at radius 2 is 2.29 bits per heavy atom. The van der Waals surface area contributed by atoms with Crippen LogP contribution in [0.25, 0.3) is 0 Å². The molecule has 1 unspecified atom stereocenters. The lowest BCUT2D eigenvalue weighted by Crippen LogP contribution is -2.25. The van der Waals surface area contributed by atoms with Crippen molar-refractivity contribution in [3.05, 3.63) is 10.6 Å². The molecule has 0 saturated carbocycles. The molecule has 2 aliphatic rings. The summed E-state index contributed by atoms with van der Waals surface area (Å²) >= 11 is 1.70. The van der Waals surface area contributed by atoms with Gasteiger partial charge in [0.15, 0.2) is 5.13 Å². The average molecular weight is 309 g/mol. The highest BCUT2D eigenvalue weighted by atomic mass is 32.1. The summed E-state index contributed by atoms with van der Waals surface area (Å²) in [5, 5.41) is 4.36. The Morgan fingerprint density at radius 1 is 1.48 bits per heavy atom. The summed E-state index contributed by atoms with van der Waals surface area (Å²) < 4.78 is 5.14. The molecule has 0 aromatic carbocycles. The van der Waals surface area contributed by atoms with Crippen LogP contribution in [0, 0.1) is 0 Å². The Morgan fingerprint density at radius 3 is 3.05 bits per heavy atom. The van der Waals surface area contributed by atoms with Gasteiger partial charge in [0.05, 0.1) is 12.3 Å². The zero-order chi connectivity index (χ0) is 14.7. The lowest BCUT2D eigenvalue weighted by Gasteiger charge is -2.14. The topological polar surface area (TPSA) is 54.5 Å². The second-order valence-electron chi connectivity index (χ2n) is 5.65. The summed E-state index contributed by atoms with van der Waals surface area (Å²) in [5.41, 5.74) is 0.946. The van der Waals surface area contributed by atoms with Crippen LogP contribution >= 0.6 is 11.3 Å². The summed E-state index contributed by atoms with van der Waals surface area (Å²) in [7, 11) is 0. The summed E-state index contributed by atoms with van der Waals surface area (Å²) in [6.45, 7) is 6.74. The Balaban J connectivity index is 1.54. The quantitative estimate of drug-likeness (QED) is 0.817. The number of nitrogens with zero attached hydrogens (tertiary/aromatic N) is 2. The molecule has 1 aromatic heterocycles. The number of aromatic nitrogens is 1. The van der Waals surface area contributed by atoms with Gasteiger partial charge in [0.1, 0.15) is 5.92 Å². The summed E-state index contributed by atoms with van der Waals surface area (Å²) in [6.07, 6.45) is 4.45. The normalized spacial score (nSPS) is 21.5. The maximum atomic E-state index is 11.9. The van der Waals surface area contributed by atoms with E-state index in [0.29, 0.717) is 6.61 Å². The van der Waals surface area contributed by atoms with Crippen molar-refractivity contribution in [3.8, 4) is 0 Å². The van der Waals surface area contributed by atoms with Crippen LogP contribution in [0.15, 0.2) is 0 Å². The van der Waals surface area contributed by atoms with Crippen LogP contribution in [-0.4, -0.2) is 48.6 Å². The summed E-state index contributed by atoms with van der Waals surface area (Å²) in [5.74, 6) is -0.268.